The van der Waals surface area contributed by atoms with E-state index in [1.807, 2.05) is 24.3 Å². The van der Waals surface area contributed by atoms with E-state index in [1.165, 1.54) is 22.8 Å². The summed E-state index contributed by atoms with van der Waals surface area (Å²) in [6.07, 6.45) is 3.50. The second kappa shape index (κ2) is 9.59. The molecule has 1 N–H and O–H groups in total. The SMILES string of the molecule is O=C(Nc1ccc(N2CCCC2)cc1)C1CCN(S(=O)(=O)Cc2cccc(Cl)c2)CC1. The Morgan fingerprint density at radius 3 is 2.32 bits per heavy atom. The Morgan fingerprint density at radius 2 is 1.68 bits per heavy atom. The molecule has 4 rings (SSSR count). The van der Waals surface area contributed by atoms with Gasteiger partial charge in [0, 0.05) is 48.5 Å². The van der Waals surface area contributed by atoms with E-state index in [-0.39, 0.29) is 17.6 Å². The smallest absolute Gasteiger partial charge is 0.227 e. The summed E-state index contributed by atoms with van der Waals surface area (Å²) in [6, 6.07) is 14.9. The molecule has 0 radical (unpaired) electrons. The van der Waals surface area contributed by atoms with Crippen LogP contribution in [0.3, 0.4) is 0 Å². The van der Waals surface area contributed by atoms with Crippen molar-refractivity contribution in [3.63, 3.8) is 0 Å². The van der Waals surface area contributed by atoms with E-state index in [0.717, 1.165) is 18.8 Å². The van der Waals surface area contributed by atoms with Crippen LogP contribution in [0.1, 0.15) is 31.2 Å². The molecule has 0 unspecified atom stereocenters. The zero-order valence-electron chi connectivity index (χ0n) is 17.5. The van der Waals surface area contributed by atoms with Gasteiger partial charge in [-0.15, -0.1) is 0 Å². The summed E-state index contributed by atoms with van der Waals surface area (Å²) in [5.74, 6) is -0.301. The molecule has 0 aromatic heterocycles. The van der Waals surface area contributed by atoms with Crippen molar-refractivity contribution in [2.24, 2.45) is 5.92 Å². The first-order valence-corrected chi connectivity index (χ1v) is 12.8. The number of carbonyl (C=O) groups is 1. The maximum atomic E-state index is 12.8. The number of anilines is 2. The standard InChI is InChI=1S/C23H28ClN3O3S/c24-20-5-3-4-18(16-20)17-31(29,30)27-14-10-19(11-15-27)23(28)25-21-6-8-22(9-7-21)26-12-1-2-13-26/h3-9,16,19H,1-2,10-15,17H2,(H,25,28). The minimum absolute atomic E-state index is 0.0409. The lowest BCUT2D eigenvalue weighted by Crippen LogP contribution is -2.41. The molecule has 8 heteroatoms. The maximum Gasteiger partial charge on any atom is 0.227 e. The van der Waals surface area contributed by atoms with Crippen LogP contribution in [0.5, 0.6) is 0 Å². The van der Waals surface area contributed by atoms with Gasteiger partial charge in [-0.25, -0.2) is 12.7 Å². The number of carbonyl (C=O) groups excluding carboxylic acids is 1. The van der Waals surface area contributed by atoms with Crippen molar-refractivity contribution in [1.29, 1.82) is 0 Å². The van der Waals surface area contributed by atoms with E-state index >= 15 is 0 Å². The lowest BCUT2D eigenvalue weighted by atomic mass is 9.97. The minimum Gasteiger partial charge on any atom is -0.372 e. The third-order valence-electron chi connectivity index (χ3n) is 6.06. The molecule has 2 saturated heterocycles. The van der Waals surface area contributed by atoms with Crippen LogP contribution in [0.15, 0.2) is 48.5 Å². The van der Waals surface area contributed by atoms with Gasteiger partial charge in [0.2, 0.25) is 15.9 Å². The Kier molecular flexibility index (Phi) is 6.84. The van der Waals surface area contributed by atoms with Gasteiger partial charge in [-0.3, -0.25) is 4.79 Å². The molecule has 1 amide bonds. The van der Waals surface area contributed by atoms with Gasteiger partial charge in [-0.2, -0.15) is 0 Å². The van der Waals surface area contributed by atoms with Gasteiger partial charge >= 0.3 is 0 Å². The van der Waals surface area contributed by atoms with Crippen LogP contribution in [0.4, 0.5) is 11.4 Å². The number of rotatable bonds is 6. The lowest BCUT2D eigenvalue weighted by Gasteiger charge is -2.30. The number of amides is 1. The molecule has 0 saturated carbocycles. The van der Waals surface area contributed by atoms with Crippen LogP contribution in [0.25, 0.3) is 0 Å². The molecule has 2 aromatic carbocycles. The molecule has 2 heterocycles. The van der Waals surface area contributed by atoms with Crippen molar-refractivity contribution in [3.05, 3.63) is 59.1 Å². The fourth-order valence-corrected chi connectivity index (χ4v) is 6.06. The summed E-state index contributed by atoms with van der Waals surface area (Å²) in [4.78, 5) is 15.0. The first-order valence-electron chi connectivity index (χ1n) is 10.8. The average molecular weight is 462 g/mol. The van der Waals surface area contributed by atoms with Crippen molar-refractivity contribution in [2.75, 3.05) is 36.4 Å². The highest BCUT2D eigenvalue weighted by Gasteiger charge is 2.31. The fourth-order valence-electron chi connectivity index (χ4n) is 4.30. The number of benzene rings is 2. The van der Waals surface area contributed by atoms with Crippen LogP contribution in [0.2, 0.25) is 5.02 Å². The van der Waals surface area contributed by atoms with Crippen LogP contribution in [-0.2, 0) is 20.6 Å². The predicted octanol–water partition coefficient (Wildman–Crippen LogP) is 4.12. The summed E-state index contributed by atoms with van der Waals surface area (Å²) >= 11 is 5.97. The van der Waals surface area contributed by atoms with Crippen LogP contribution in [-0.4, -0.2) is 44.8 Å². The lowest BCUT2D eigenvalue weighted by molar-refractivity contribution is -0.120. The average Bonchev–Trinajstić information content (AvgIpc) is 3.29. The number of halogens is 1. The minimum atomic E-state index is -3.44. The third kappa shape index (κ3) is 5.59. The first-order chi connectivity index (χ1) is 14.9. The Balaban J connectivity index is 1.29. The largest absolute Gasteiger partial charge is 0.372 e. The van der Waals surface area contributed by atoms with Crippen molar-refractivity contribution < 1.29 is 13.2 Å². The molecular formula is C23H28ClN3O3S. The second-order valence-corrected chi connectivity index (χ2v) is 10.7. The highest BCUT2D eigenvalue weighted by molar-refractivity contribution is 7.88. The zero-order valence-corrected chi connectivity index (χ0v) is 19.0. The van der Waals surface area contributed by atoms with Gasteiger partial charge in [0.1, 0.15) is 0 Å². The predicted molar refractivity (Wildman–Crippen MR) is 125 cm³/mol. The topological polar surface area (TPSA) is 69.7 Å². The normalized spacial score (nSPS) is 18.3. The van der Waals surface area contributed by atoms with Gasteiger partial charge in [-0.05, 0) is 67.6 Å². The Bertz CT molecular complexity index is 1010. The van der Waals surface area contributed by atoms with Gasteiger partial charge in [0.15, 0.2) is 0 Å². The molecule has 0 spiro atoms. The molecule has 2 aliphatic rings. The molecule has 2 fully saturated rings. The van der Waals surface area contributed by atoms with E-state index in [0.29, 0.717) is 36.5 Å². The van der Waals surface area contributed by atoms with E-state index in [2.05, 4.69) is 10.2 Å². The van der Waals surface area contributed by atoms with Crippen LogP contribution < -0.4 is 10.2 Å². The number of hydrogen-bond acceptors (Lipinski definition) is 4. The summed E-state index contributed by atoms with van der Waals surface area (Å²) < 4.78 is 27.0. The van der Waals surface area contributed by atoms with Crippen molar-refractivity contribution in [3.8, 4) is 0 Å². The quantitative estimate of drug-likeness (QED) is 0.702. The third-order valence-corrected chi connectivity index (χ3v) is 8.15. The number of hydrogen-bond donors (Lipinski definition) is 1. The van der Waals surface area contributed by atoms with Gasteiger partial charge in [-0.1, -0.05) is 23.7 Å². The van der Waals surface area contributed by atoms with E-state index in [1.54, 1.807) is 24.3 Å². The Labute approximate surface area is 189 Å². The monoisotopic (exact) mass is 461 g/mol. The number of piperidine rings is 1. The van der Waals surface area contributed by atoms with Crippen molar-refractivity contribution in [2.45, 2.75) is 31.4 Å². The van der Waals surface area contributed by atoms with E-state index < -0.39 is 10.0 Å². The van der Waals surface area contributed by atoms with Crippen molar-refractivity contribution >= 4 is 38.9 Å². The molecule has 2 aliphatic heterocycles. The summed E-state index contributed by atoms with van der Waals surface area (Å²) in [7, 11) is -3.44. The highest BCUT2D eigenvalue weighted by atomic mass is 35.5. The molecule has 166 valence electrons. The fraction of sp³-hybridized carbons (Fsp3) is 0.435. The molecule has 2 aromatic rings. The molecule has 31 heavy (non-hydrogen) atoms. The Morgan fingerprint density at radius 1 is 1.00 bits per heavy atom. The first kappa shape index (κ1) is 22.1. The Hall–Kier alpha value is -2.09. The summed E-state index contributed by atoms with van der Waals surface area (Å²) in [5.41, 5.74) is 2.64. The summed E-state index contributed by atoms with van der Waals surface area (Å²) in [6.45, 7) is 2.89. The maximum absolute atomic E-state index is 12.8. The van der Waals surface area contributed by atoms with Gasteiger partial charge in [0.25, 0.3) is 0 Å². The summed E-state index contributed by atoms with van der Waals surface area (Å²) in [5, 5.41) is 3.51. The number of nitrogens with zero attached hydrogens (tertiary/aromatic N) is 2. The second-order valence-electron chi connectivity index (χ2n) is 8.29. The van der Waals surface area contributed by atoms with Crippen molar-refractivity contribution in [1.82, 2.24) is 4.31 Å². The highest BCUT2D eigenvalue weighted by Crippen LogP contribution is 2.25. The molecule has 0 atom stereocenters. The molecular weight excluding hydrogens is 434 g/mol. The zero-order chi connectivity index (χ0) is 21.8. The molecule has 6 nitrogen and oxygen atoms in total. The van der Waals surface area contributed by atoms with Crippen LogP contribution >= 0.6 is 11.6 Å². The molecule has 0 aliphatic carbocycles. The number of sulfonamides is 1. The van der Waals surface area contributed by atoms with Gasteiger partial charge in [0.05, 0.1) is 5.75 Å². The van der Waals surface area contributed by atoms with Gasteiger partial charge < -0.3 is 10.2 Å². The van der Waals surface area contributed by atoms with E-state index in [9.17, 15) is 13.2 Å². The molecule has 0 bridgehead atoms. The number of nitrogens with one attached hydrogen (secondary N) is 1. The van der Waals surface area contributed by atoms with E-state index in [4.69, 9.17) is 11.6 Å². The van der Waals surface area contributed by atoms with Crippen LogP contribution in [0, 0.1) is 5.92 Å².